The number of ether oxygens (including phenoxy) is 2. The molecule has 0 aromatic carbocycles. The zero-order chi connectivity index (χ0) is 27.1. The van der Waals surface area contributed by atoms with Crippen molar-refractivity contribution in [2.45, 2.75) is 136 Å². The number of carbonyl (C=O) groups is 3. The summed E-state index contributed by atoms with van der Waals surface area (Å²) in [6, 6.07) is 0. The van der Waals surface area contributed by atoms with Crippen LogP contribution in [0.25, 0.3) is 0 Å². The average molecular weight is 529 g/mol. The van der Waals surface area contributed by atoms with E-state index in [2.05, 4.69) is 13.0 Å². The van der Waals surface area contributed by atoms with E-state index in [1.807, 2.05) is 0 Å². The highest BCUT2D eigenvalue weighted by Crippen LogP contribution is 2.63. The third-order valence-electron chi connectivity index (χ3n) is 10.6. The summed E-state index contributed by atoms with van der Waals surface area (Å²) < 4.78 is 10.9. The zero-order valence-electron chi connectivity index (χ0n) is 24.3. The number of carbonyl (C=O) groups excluding carboxylic acids is 3. The van der Waals surface area contributed by atoms with Crippen LogP contribution in [-0.2, 0) is 23.9 Å². The fourth-order valence-electron chi connectivity index (χ4n) is 8.87. The first-order valence-electron chi connectivity index (χ1n) is 15.8. The van der Waals surface area contributed by atoms with Crippen LogP contribution < -0.4 is 0 Å². The number of unbranched alkanes of at least 4 members (excludes halogenated alkanes) is 8. The number of rotatable bonds is 13. The van der Waals surface area contributed by atoms with Gasteiger partial charge in [0.25, 0.3) is 0 Å². The molecular weight excluding hydrogens is 476 g/mol. The lowest BCUT2D eigenvalue weighted by atomic mass is 9.50. The van der Waals surface area contributed by atoms with Gasteiger partial charge in [0, 0.05) is 32.1 Å². The van der Waals surface area contributed by atoms with Crippen LogP contribution in [0.5, 0.6) is 0 Å². The summed E-state index contributed by atoms with van der Waals surface area (Å²) >= 11 is 0. The Morgan fingerprint density at radius 1 is 0.895 bits per heavy atom. The molecule has 0 radical (unpaired) electrons. The Balaban J connectivity index is 1.27. The van der Waals surface area contributed by atoms with Crippen molar-refractivity contribution in [3.8, 4) is 0 Å². The van der Waals surface area contributed by atoms with Gasteiger partial charge in [-0.2, -0.15) is 0 Å². The predicted molar refractivity (Wildman–Crippen MR) is 149 cm³/mol. The third-order valence-corrected chi connectivity index (χ3v) is 10.6. The number of fused-ring (bicyclic) bond motifs is 5. The second-order valence-electron chi connectivity index (χ2n) is 13.1. The predicted octanol–water partition coefficient (Wildman–Crippen LogP) is 7.75. The molecule has 3 saturated carbocycles. The SMILES string of the molecule is CC(=O)OCCCCCCCCCCCC1C=C2CC(=O)CC[C@@H]2C2CC[C@@]3(C)C(CC[C@@H]3OC(C)=O)C12. The van der Waals surface area contributed by atoms with Gasteiger partial charge in [-0.1, -0.05) is 69.9 Å². The van der Waals surface area contributed by atoms with Crippen LogP contribution >= 0.6 is 0 Å². The standard InChI is InChI=1S/C33H52O5/c1-23(34)37-20-12-10-8-6-4-5-7-9-11-13-25-21-26-22-27(36)14-15-28(26)29-18-19-33(3)30(32(25)29)16-17-31(33)38-24(2)35/h21,25,28-32H,4-20,22H2,1-3H3/t25?,28-,29?,30?,31-,32?,33-/m0/s1. The van der Waals surface area contributed by atoms with E-state index in [1.54, 1.807) is 6.92 Å². The van der Waals surface area contributed by atoms with Gasteiger partial charge in [0.2, 0.25) is 0 Å². The first-order chi connectivity index (χ1) is 18.3. The molecule has 0 aromatic rings. The average Bonchev–Trinajstić information content (AvgIpc) is 3.19. The minimum absolute atomic E-state index is 0.0755. The summed E-state index contributed by atoms with van der Waals surface area (Å²) in [6.07, 6.45) is 22.1. The molecule has 5 nitrogen and oxygen atoms in total. The Labute approximate surface area is 230 Å². The van der Waals surface area contributed by atoms with Gasteiger partial charge in [-0.15, -0.1) is 0 Å². The van der Waals surface area contributed by atoms with Crippen LogP contribution in [0.2, 0.25) is 0 Å². The number of hydrogen-bond donors (Lipinski definition) is 0. The van der Waals surface area contributed by atoms with E-state index in [0.29, 0.717) is 48.4 Å². The molecular formula is C33H52O5. The summed E-state index contributed by atoms with van der Waals surface area (Å²) in [4.78, 5) is 35.0. The second-order valence-corrected chi connectivity index (χ2v) is 13.1. The smallest absolute Gasteiger partial charge is 0.302 e. The molecule has 7 atom stereocenters. The molecule has 0 amide bonds. The molecule has 0 aliphatic heterocycles. The maximum Gasteiger partial charge on any atom is 0.302 e. The van der Waals surface area contributed by atoms with Crippen molar-refractivity contribution in [3.05, 3.63) is 11.6 Å². The maximum atomic E-state index is 12.3. The van der Waals surface area contributed by atoms with Gasteiger partial charge in [-0.3, -0.25) is 14.4 Å². The van der Waals surface area contributed by atoms with Gasteiger partial charge in [-0.05, 0) is 74.5 Å². The molecule has 0 N–H and O–H groups in total. The Hall–Kier alpha value is -1.65. The third kappa shape index (κ3) is 7.10. The first-order valence-corrected chi connectivity index (χ1v) is 15.8. The number of Topliss-reactive ketones (excluding diaryl/α,β-unsaturated/α-hetero) is 1. The van der Waals surface area contributed by atoms with Crippen molar-refractivity contribution in [2.75, 3.05) is 6.61 Å². The molecule has 0 heterocycles. The lowest BCUT2D eigenvalue weighted by molar-refractivity contribution is -0.156. The summed E-state index contributed by atoms with van der Waals surface area (Å²) in [7, 11) is 0. The van der Waals surface area contributed by atoms with Gasteiger partial charge < -0.3 is 9.47 Å². The number of esters is 2. The van der Waals surface area contributed by atoms with Gasteiger partial charge in [0.15, 0.2) is 0 Å². The number of allylic oxidation sites excluding steroid dienone is 2. The van der Waals surface area contributed by atoms with Crippen LogP contribution in [0, 0.1) is 35.0 Å². The molecule has 38 heavy (non-hydrogen) atoms. The topological polar surface area (TPSA) is 69.7 Å². The highest BCUT2D eigenvalue weighted by atomic mass is 16.5. The van der Waals surface area contributed by atoms with E-state index in [9.17, 15) is 14.4 Å². The summed E-state index contributed by atoms with van der Waals surface area (Å²) in [5.74, 6) is 3.35. The van der Waals surface area contributed by atoms with Crippen molar-refractivity contribution < 1.29 is 23.9 Å². The Kier molecular flexibility index (Phi) is 10.5. The van der Waals surface area contributed by atoms with E-state index in [-0.39, 0.29) is 23.5 Å². The van der Waals surface area contributed by atoms with Gasteiger partial charge in [-0.25, -0.2) is 0 Å². The quantitative estimate of drug-likeness (QED) is 0.139. The van der Waals surface area contributed by atoms with E-state index < -0.39 is 0 Å². The molecule has 214 valence electrons. The van der Waals surface area contributed by atoms with Gasteiger partial charge in [0.05, 0.1) is 6.61 Å². The number of ketones is 1. The maximum absolute atomic E-state index is 12.3. The molecule has 0 aromatic heterocycles. The molecule has 0 saturated heterocycles. The van der Waals surface area contributed by atoms with E-state index in [0.717, 1.165) is 38.5 Å². The Morgan fingerprint density at radius 2 is 1.58 bits per heavy atom. The van der Waals surface area contributed by atoms with Crippen molar-refractivity contribution in [1.29, 1.82) is 0 Å². The second kappa shape index (κ2) is 13.6. The normalized spacial score (nSPS) is 34.1. The number of hydrogen-bond acceptors (Lipinski definition) is 5. The fourth-order valence-corrected chi connectivity index (χ4v) is 8.87. The molecule has 3 fully saturated rings. The minimum atomic E-state index is -0.177. The zero-order valence-corrected chi connectivity index (χ0v) is 24.3. The molecule has 4 unspecified atom stereocenters. The first kappa shape index (κ1) is 29.3. The molecule has 0 spiro atoms. The van der Waals surface area contributed by atoms with Crippen LogP contribution in [0.1, 0.15) is 130 Å². The monoisotopic (exact) mass is 528 g/mol. The van der Waals surface area contributed by atoms with Gasteiger partial charge in [0.1, 0.15) is 11.9 Å². The van der Waals surface area contributed by atoms with E-state index in [4.69, 9.17) is 9.47 Å². The fraction of sp³-hybridized carbons (Fsp3) is 0.848. The van der Waals surface area contributed by atoms with Gasteiger partial charge >= 0.3 is 11.9 Å². The lowest BCUT2D eigenvalue weighted by Crippen LogP contribution is -2.50. The Bertz CT molecular complexity index is 861. The molecule has 4 rings (SSSR count). The van der Waals surface area contributed by atoms with E-state index in [1.165, 1.54) is 76.7 Å². The van der Waals surface area contributed by atoms with Crippen molar-refractivity contribution in [1.82, 2.24) is 0 Å². The van der Waals surface area contributed by atoms with Crippen molar-refractivity contribution in [3.63, 3.8) is 0 Å². The van der Waals surface area contributed by atoms with E-state index >= 15 is 0 Å². The van der Waals surface area contributed by atoms with Crippen LogP contribution in [-0.4, -0.2) is 30.4 Å². The van der Waals surface area contributed by atoms with Crippen molar-refractivity contribution >= 4 is 17.7 Å². The highest BCUT2D eigenvalue weighted by molar-refractivity contribution is 5.82. The highest BCUT2D eigenvalue weighted by Gasteiger charge is 2.58. The summed E-state index contributed by atoms with van der Waals surface area (Å²) in [5, 5.41) is 0. The summed E-state index contributed by atoms with van der Waals surface area (Å²) in [6.45, 7) is 6.00. The molecule has 4 aliphatic carbocycles. The lowest BCUT2D eigenvalue weighted by Gasteiger charge is -2.55. The molecule has 0 bridgehead atoms. The molecule has 4 aliphatic rings. The largest absolute Gasteiger partial charge is 0.466 e. The Morgan fingerprint density at radius 3 is 2.26 bits per heavy atom. The molecule has 5 heteroatoms. The van der Waals surface area contributed by atoms with Crippen molar-refractivity contribution in [2.24, 2.45) is 35.0 Å². The van der Waals surface area contributed by atoms with Crippen LogP contribution in [0.3, 0.4) is 0 Å². The minimum Gasteiger partial charge on any atom is -0.466 e. The van der Waals surface area contributed by atoms with Crippen LogP contribution in [0.4, 0.5) is 0 Å². The van der Waals surface area contributed by atoms with Crippen LogP contribution in [0.15, 0.2) is 11.6 Å². The summed E-state index contributed by atoms with van der Waals surface area (Å²) in [5.41, 5.74) is 1.58.